The number of esters is 1. The quantitative estimate of drug-likeness (QED) is 0.258. The number of carbonyl (C=O) groups is 2. The van der Waals surface area contributed by atoms with Crippen LogP contribution < -0.4 is 5.32 Å². The van der Waals surface area contributed by atoms with Gasteiger partial charge in [0.1, 0.15) is 17.7 Å². The highest BCUT2D eigenvalue weighted by Crippen LogP contribution is 2.76. The van der Waals surface area contributed by atoms with Crippen LogP contribution in [0.1, 0.15) is 147 Å². The third kappa shape index (κ3) is 6.59. The average molecular weight is 692 g/mol. The van der Waals surface area contributed by atoms with Crippen molar-refractivity contribution in [1.82, 2.24) is 5.32 Å². The molecule has 1 saturated heterocycles. The van der Waals surface area contributed by atoms with Crippen LogP contribution >= 0.6 is 11.8 Å². The molecule has 0 unspecified atom stereocenters. The number of aliphatic hydroxyl groups is 1. The van der Waals surface area contributed by atoms with Crippen LogP contribution in [0.3, 0.4) is 0 Å². The van der Waals surface area contributed by atoms with E-state index in [1.807, 2.05) is 27.0 Å². The first-order valence-electron chi connectivity index (χ1n) is 19.1. The van der Waals surface area contributed by atoms with E-state index in [1.165, 1.54) is 6.42 Å². The number of alkyl carbamates (subject to hydrolysis) is 1. The molecule has 48 heavy (non-hydrogen) atoms. The molecule has 2 N–H and O–H groups in total. The monoisotopic (exact) mass is 691 g/mol. The van der Waals surface area contributed by atoms with E-state index in [2.05, 4.69) is 60.7 Å². The van der Waals surface area contributed by atoms with Gasteiger partial charge < -0.3 is 24.6 Å². The number of amides is 1. The van der Waals surface area contributed by atoms with E-state index in [4.69, 9.17) is 14.2 Å². The number of aliphatic hydroxyl groups excluding tert-OH is 1. The normalized spacial score (nSPS) is 44.0. The Labute approximate surface area is 296 Å². The van der Waals surface area contributed by atoms with Crippen LogP contribution in [-0.4, -0.2) is 64.2 Å². The third-order valence-electron chi connectivity index (χ3n) is 14.9. The highest BCUT2D eigenvalue weighted by atomic mass is 32.2. The maximum absolute atomic E-state index is 13.7. The van der Waals surface area contributed by atoms with Gasteiger partial charge in [-0.25, -0.2) is 9.59 Å². The molecular formula is C40H69NO6S. The van der Waals surface area contributed by atoms with Gasteiger partial charge in [-0.3, -0.25) is 0 Å². The van der Waals surface area contributed by atoms with Gasteiger partial charge in [0.05, 0.1) is 17.3 Å². The molecule has 0 spiro atoms. The summed E-state index contributed by atoms with van der Waals surface area (Å²) in [4.78, 5) is 26.4. The predicted molar refractivity (Wildman–Crippen MR) is 194 cm³/mol. The zero-order valence-electron chi connectivity index (χ0n) is 32.4. The van der Waals surface area contributed by atoms with Gasteiger partial charge in [0.15, 0.2) is 0 Å². The predicted octanol–water partition coefficient (Wildman–Crippen LogP) is 8.94. The van der Waals surface area contributed by atoms with E-state index in [9.17, 15) is 14.7 Å². The van der Waals surface area contributed by atoms with Gasteiger partial charge in [0.2, 0.25) is 0 Å². The van der Waals surface area contributed by atoms with Gasteiger partial charge >= 0.3 is 12.1 Å². The molecule has 5 aliphatic rings. The number of carbonyl (C=O) groups excluding carboxylic acids is 2. The molecule has 0 bridgehead atoms. The summed E-state index contributed by atoms with van der Waals surface area (Å²) in [6, 6.07) is -0.743. The van der Waals surface area contributed by atoms with Crippen molar-refractivity contribution in [2.75, 3.05) is 12.0 Å². The molecule has 4 aliphatic carbocycles. The van der Waals surface area contributed by atoms with Crippen LogP contribution in [0.5, 0.6) is 0 Å². The Bertz CT molecular complexity index is 1210. The number of rotatable bonds is 7. The van der Waals surface area contributed by atoms with Gasteiger partial charge in [-0.2, -0.15) is 11.8 Å². The number of thioether (sulfide) groups is 1. The lowest BCUT2D eigenvalue weighted by Crippen LogP contribution is -2.67. The fourth-order valence-electron chi connectivity index (χ4n) is 12.6. The summed E-state index contributed by atoms with van der Waals surface area (Å²) >= 11 is 1.64. The van der Waals surface area contributed by atoms with Crippen LogP contribution in [0.4, 0.5) is 4.79 Å². The molecule has 8 heteroatoms. The Kier molecular flexibility index (Phi) is 10.3. The minimum Gasteiger partial charge on any atom is -0.460 e. The van der Waals surface area contributed by atoms with Crippen molar-refractivity contribution in [3.05, 3.63) is 0 Å². The summed E-state index contributed by atoms with van der Waals surface area (Å²) in [6.07, 6.45) is 11.8. The first-order valence-corrected chi connectivity index (χ1v) is 20.5. The topological polar surface area (TPSA) is 94.1 Å². The smallest absolute Gasteiger partial charge is 0.408 e. The highest BCUT2D eigenvalue weighted by molar-refractivity contribution is 7.98. The number of hydrogen-bond acceptors (Lipinski definition) is 7. The van der Waals surface area contributed by atoms with Gasteiger partial charge in [0, 0.05) is 5.41 Å². The van der Waals surface area contributed by atoms with Gasteiger partial charge in [0.25, 0.3) is 0 Å². The average Bonchev–Trinajstić information content (AvgIpc) is 3.33. The number of ether oxygens (including phenoxy) is 3. The maximum atomic E-state index is 13.7. The molecule has 11 atom stereocenters. The van der Waals surface area contributed by atoms with Crippen LogP contribution in [0.25, 0.3) is 0 Å². The van der Waals surface area contributed by atoms with E-state index in [0.717, 1.165) is 63.5 Å². The molecule has 1 aliphatic heterocycles. The Morgan fingerprint density at radius 1 is 0.917 bits per heavy atom. The van der Waals surface area contributed by atoms with Crippen LogP contribution in [0.2, 0.25) is 0 Å². The second kappa shape index (κ2) is 12.9. The summed E-state index contributed by atoms with van der Waals surface area (Å²) < 4.78 is 18.8. The van der Waals surface area contributed by atoms with Crippen LogP contribution in [0, 0.1) is 45.3 Å². The molecule has 5 fully saturated rings. The zero-order chi connectivity index (χ0) is 35.7. The molecule has 0 aromatic rings. The van der Waals surface area contributed by atoms with Crippen molar-refractivity contribution in [3.8, 4) is 0 Å². The molecule has 4 saturated carbocycles. The minimum absolute atomic E-state index is 0.0344. The standard InChI is InChI=1S/C40H69NO6S/c1-34(2,3)46-33(44)41-26(17-23-48-12)32(43)45-30-16-20-37(8)28(36(30,6)7)15-22-38(9)29(37)24-27(42)31-25(14-21-39(31,38)10)40(11)19-13-18-35(4,5)47-40/h25-31,42H,13-24H2,1-12H3,(H,41,44)/t25-,26-,27+,28-,29+,30-,31-,37-,38+,39+,40+/m0/s1. The van der Waals surface area contributed by atoms with Crippen molar-refractivity contribution in [3.63, 3.8) is 0 Å². The molecule has 0 aromatic carbocycles. The molecular weight excluding hydrogens is 623 g/mol. The van der Waals surface area contributed by atoms with Gasteiger partial charge in [-0.05, 0) is 164 Å². The third-order valence-corrected chi connectivity index (χ3v) is 15.6. The highest BCUT2D eigenvalue weighted by Gasteiger charge is 2.72. The van der Waals surface area contributed by atoms with Crippen molar-refractivity contribution >= 4 is 23.8 Å². The van der Waals surface area contributed by atoms with Gasteiger partial charge in [-0.15, -0.1) is 0 Å². The summed E-state index contributed by atoms with van der Waals surface area (Å²) in [5.41, 5.74) is -0.985. The van der Waals surface area contributed by atoms with E-state index in [0.29, 0.717) is 24.2 Å². The summed E-state index contributed by atoms with van der Waals surface area (Å²) in [6.45, 7) is 24.5. The second-order valence-corrected chi connectivity index (χ2v) is 20.7. The summed E-state index contributed by atoms with van der Waals surface area (Å²) in [7, 11) is 0. The SMILES string of the molecule is CSCC[C@H](NC(=O)OC(C)(C)C)C(=O)O[C@H]1CC[C@]2(C)[C@H]3C[C@@H](O)[C@@H]4[C@@H]([C@@]5(C)CCCC(C)(C)O5)CC[C@@]4(C)[C@]3(C)CC[C@H]2C1(C)C. The molecule has 276 valence electrons. The summed E-state index contributed by atoms with van der Waals surface area (Å²) in [5, 5.41) is 15.1. The first kappa shape index (κ1) is 38.2. The van der Waals surface area contributed by atoms with Crippen molar-refractivity contribution < 1.29 is 28.9 Å². The van der Waals surface area contributed by atoms with E-state index in [1.54, 1.807) is 11.8 Å². The number of hydrogen-bond donors (Lipinski definition) is 2. The lowest BCUT2D eigenvalue weighted by molar-refractivity contribution is -0.259. The molecule has 0 radical (unpaired) electrons. The largest absolute Gasteiger partial charge is 0.460 e. The lowest BCUT2D eigenvalue weighted by Gasteiger charge is -2.70. The van der Waals surface area contributed by atoms with Crippen LogP contribution in [0.15, 0.2) is 0 Å². The fourth-order valence-corrected chi connectivity index (χ4v) is 13.1. The molecule has 1 amide bonds. The van der Waals surface area contributed by atoms with Crippen LogP contribution in [-0.2, 0) is 19.0 Å². The molecule has 5 rings (SSSR count). The van der Waals surface area contributed by atoms with Gasteiger partial charge in [-0.1, -0.05) is 34.6 Å². The van der Waals surface area contributed by atoms with E-state index < -0.39 is 17.7 Å². The van der Waals surface area contributed by atoms with Crippen molar-refractivity contribution in [2.24, 2.45) is 45.3 Å². The Morgan fingerprint density at radius 2 is 1.58 bits per heavy atom. The zero-order valence-corrected chi connectivity index (χ0v) is 33.2. The Morgan fingerprint density at radius 3 is 2.21 bits per heavy atom. The Balaban J connectivity index is 1.35. The fraction of sp³-hybridized carbons (Fsp3) is 0.950. The number of fused-ring (bicyclic) bond motifs is 5. The summed E-state index contributed by atoms with van der Waals surface area (Å²) in [5.74, 6) is 1.76. The first-order chi connectivity index (χ1) is 22.0. The lowest BCUT2D eigenvalue weighted by atomic mass is 9.35. The van der Waals surface area contributed by atoms with Crippen molar-refractivity contribution in [2.45, 2.75) is 182 Å². The van der Waals surface area contributed by atoms with E-state index >= 15 is 0 Å². The maximum Gasteiger partial charge on any atom is 0.408 e. The second-order valence-electron chi connectivity index (χ2n) is 19.8. The molecule has 7 nitrogen and oxygen atoms in total. The molecule has 0 aromatic heterocycles. The number of nitrogens with one attached hydrogen (secondary N) is 1. The minimum atomic E-state index is -0.743. The Hall–Kier alpha value is -0.990. The van der Waals surface area contributed by atoms with Crippen molar-refractivity contribution in [1.29, 1.82) is 0 Å². The van der Waals surface area contributed by atoms with E-state index in [-0.39, 0.29) is 57.0 Å². The molecule has 1 heterocycles.